The quantitative estimate of drug-likeness (QED) is 0.565. The minimum Gasteiger partial charge on any atom is -0.387 e. The third-order valence-electron chi connectivity index (χ3n) is 4.92. The summed E-state index contributed by atoms with van der Waals surface area (Å²) in [7, 11) is 1.57. The average Bonchev–Trinajstić information content (AvgIpc) is 2.66. The van der Waals surface area contributed by atoms with Crippen molar-refractivity contribution in [1.82, 2.24) is 10.2 Å². The van der Waals surface area contributed by atoms with E-state index >= 15 is 0 Å². The zero-order chi connectivity index (χ0) is 18.1. The van der Waals surface area contributed by atoms with E-state index in [2.05, 4.69) is 10.2 Å². The van der Waals surface area contributed by atoms with E-state index < -0.39 is 6.10 Å². The van der Waals surface area contributed by atoms with Crippen LogP contribution < -0.4 is 11.1 Å². The normalized spacial score (nSPS) is 17.3. The number of aliphatic hydroxyl groups is 1. The van der Waals surface area contributed by atoms with Gasteiger partial charge in [-0.25, -0.2) is 0 Å². The number of hydrogen-bond donors (Lipinski definition) is 3. The second kappa shape index (κ2) is 14.2. The van der Waals surface area contributed by atoms with Gasteiger partial charge in [0, 0.05) is 26.7 Å². The van der Waals surface area contributed by atoms with Gasteiger partial charge in [0.05, 0.1) is 18.6 Å². The Kier molecular flexibility index (Phi) is 13.7. The van der Waals surface area contributed by atoms with Crippen LogP contribution in [0.25, 0.3) is 0 Å². The predicted octanol–water partition coefficient (Wildman–Crippen LogP) is 1.76. The van der Waals surface area contributed by atoms with E-state index in [1.54, 1.807) is 7.11 Å². The lowest BCUT2D eigenvalue weighted by atomic mass is 9.96. The summed E-state index contributed by atoms with van der Waals surface area (Å²) < 4.78 is 5.13. The summed E-state index contributed by atoms with van der Waals surface area (Å²) in [5.74, 6) is 0.493. The molecule has 0 bridgehead atoms. The molecule has 27 heavy (non-hydrogen) atoms. The molecule has 1 heterocycles. The number of rotatable bonds is 9. The monoisotopic (exact) mass is 421 g/mol. The summed E-state index contributed by atoms with van der Waals surface area (Å²) in [6.45, 7) is 3.62. The summed E-state index contributed by atoms with van der Waals surface area (Å²) in [6, 6.07) is 9.78. The second-order valence-electron chi connectivity index (χ2n) is 6.77. The van der Waals surface area contributed by atoms with Crippen LogP contribution in [-0.4, -0.2) is 61.9 Å². The molecule has 0 radical (unpaired) electrons. The molecule has 1 aliphatic rings. The highest BCUT2D eigenvalue weighted by Gasteiger charge is 2.22. The molecule has 0 saturated carbocycles. The number of methoxy groups -OCH3 is 1. The van der Waals surface area contributed by atoms with Crippen LogP contribution >= 0.6 is 24.8 Å². The smallest absolute Gasteiger partial charge is 0.222 e. The molecule has 1 saturated heterocycles. The molecule has 2 unspecified atom stereocenters. The van der Waals surface area contributed by atoms with Crippen molar-refractivity contribution < 1.29 is 14.6 Å². The second-order valence-corrected chi connectivity index (χ2v) is 6.77. The van der Waals surface area contributed by atoms with Gasteiger partial charge < -0.3 is 25.8 Å². The molecule has 1 aliphatic heterocycles. The Labute approximate surface area is 174 Å². The fourth-order valence-corrected chi connectivity index (χ4v) is 3.20. The highest BCUT2D eigenvalue weighted by atomic mass is 35.5. The zero-order valence-electron chi connectivity index (χ0n) is 15.9. The van der Waals surface area contributed by atoms with Gasteiger partial charge in [0.25, 0.3) is 0 Å². The number of likely N-dealkylation sites (tertiary alicyclic amines) is 1. The molecule has 6 nitrogen and oxygen atoms in total. The molecule has 0 aromatic heterocycles. The maximum atomic E-state index is 11.9. The lowest BCUT2D eigenvalue weighted by Crippen LogP contribution is -2.41. The van der Waals surface area contributed by atoms with Gasteiger partial charge in [0.2, 0.25) is 5.91 Å². The first-order valence-electron chi connectivity index (χ1n) is 9.07. The topological polar surface area (TPSA) is 87.8 Å². The molecule has 0 spiro atoms. The SMILES string of the molecule is COC(CN)CC(=O)NCC1CCN(CC(O)c2ccccc2)CC1.Cl.Cl. The summed E-state index contributed by atoms with van der Waals surface area (Å²) in [6.07, 6.45) is 1.73. The van der Waals surface area contributed by atoms with Crippen molar-refractivity contribution >= 4 is 30.7 Å². The van der Waals surface area contributed by atoms with Crippen molar-refractivity contribution in [2.45, 2.75) is 31.5 Å². The number of nitrogens with zero attached hydrogens (tertiary/aromatic N) is 1. The van der Waals surface area contributed by atoms with Gasteiger partial charge in [0.15, 0.2) is 0 Å². The van der Waals surface area contributed by atoms with Crippen molar-refractivity contribution in [3.63, 3.8) is 0 Å². The average molecular weight is 422 g/mol. The Morgan fingerprint density at radius 2 is 1.93 bits per heavy atom. The third-order valence-corrected chi connectivity index (χ3v) is 4.92. The molecule has 1 amide bonds. The van der Waals surface area contributed by atoms with Gasteiger partial charge in [-0.1, -0.05) is 30.3 Å². The van der Waals surface area contributed by atoms with Crippen LogP contribution in [0.4, 0.5) is 0 Å². The van der Waals surface area contributed by atoms with E-state index in [1.165, 1.54) is 0 Å². The number of β-amino-alcohol motifs (C(OH)–C–C–N with tert-alkyl or cyclic N) is 1. The Hall–Kier alpha value is -0.890. The van der Waals surface area contributed by atoms with Crippen molar-refractivity contribution in [2.75, 3.05) is 39.8 Å². The number of halogens is 2. The largest absolute Gasteiger partial charge is 0.387 e. The standard InChI is InChI=1S/C19H31N3O3.2ClH/c1-25-17(12-20)11-19(24)21-13-15-7-9-22(10-8-15)14-18(23)16-5-3-2-4-6-16;;/h2-6,15,17-18,23H,7-14,20H2,1H3,(H,21,24);2*1H. The highest BCUT2D eigenvalue weighted by Crippen LogP contribution is 2.20. The first-order chi connectivity index (χ1) is 12.1. The van der Waals surface area contributed by atoms with Crippen LogP contribution in [0.5, 0.6) is 0 Å². The fourth-order valence-electron chi connectivity index (χ4n) is 3.20. The van der Waals surface area contributed by atoms with Crippen LogP contribution in [0.2, 0.25) is 0 Å². The molecular formula is C19H33Cl2N3O3. The van der Waals surface area contributed by atoms with Crippen LogP contribution in [-0.2, 0) is 9.53 Å². The number of carbonyl (C=O) groups is 1. The molecule has 2 rings (SSSR count). The minimum atomic E-state index is -0.445. The number of benzene rings is 1. The van der Waals surface area contributed by atoms with Gasteiger partial charge in [-0.05, 0) is 37.4 Å². The first kappa shape index (κ1) is 26.1. The molecule has 1 aromatic rings. The first-order valence-corrected chi connectivity index (χ1v) is 9.07. The Morgan fingerprint density at radius 1 is 1.30 bits per heavy atom. The molecule has 4 N–H and O–H groups in total. The summed E-state index contributed by atoms with van der Waals surface area (Å²) in [5, 5.41) is 13.3. The zero-order valence-corrected chi connectivity index (χ0v) is 17.5. The predicted molar refractivity (Wildman–Crippen MR) is 113 cm³/mol. The molecule has 1 fully saturated rings. The Bertz CT molecular complexity index is 510. The van der Waals surface area contributed by atoms with Crippen LogP contribution in [0.15, 0.2) is 30.3 Å². The van der Waals surface area contributed by atoms with E-state index in [0.717, 1.165) is 31.5 Å². The van der Waals surface area contributed by atoms with Gasteiger partial charge in [-0.15, -0.1) is 24.8 Å². The maximum absolute atomic E-state index is 11.9. The number of ether oxygens (including phenoxy) is 1. The molecule has 2 atom stereocenters. The lowest BCUT2D eigenvalue weighted by Gasteiger charge is -2.33. The van der Waals surface area contributed by atoms with E-state index in [9.17, 15) is 9.90 Å². The maximum Gasteiger partial charge on any atom is 0.222 e. The van der Waals surface area contributed by atoms with Crippen molar-refractivity contribution in [2.24, 2.45) is 11.7 Å². The number of nitrogens with two attached hydrogens (primary N) is 1. The van der Waals surface area contributed by atoms with Gasteiger partial charge in [0.1, 0.15) is 0 Å². The molecule has 1 aromatic carbocycles. The number of amides is 1. The van der Waals surface area contributed by atoms with Crippen LogP contribution in [0.1, 0.15) is 30.9 Å². The van der Waals surface area contributed by atoms with E-state index in [0.29, 0.717) is 32.0 Å². The van der Waals surface area contributed by atoms with E-state index in [4.69, 9.17) is 10.5 Å². The summed E-state index contributed by atoms with van der Waals surface area (Å²) in [4.78, 5) is 14.2. The number of piperidine rings is 1. The third kappa shape index (κ3) is 9.23. The van der Waals surface area contributed by atoms with Gasteiger partial charge in [-0.2, -0.15) is 0 Å². The molecule has 0 aliphatic carbocycles. The van der Waals surface area contributed by atoms with Gasteiger partial charge >= 0.3 is 0 Å². The summed E-state index contributed by atoms with van der Waals surface area (Å²) >= 11 is 0. The van der Waals surface area contributed by atoms with Crippen molar-refractivity contribution in [3.05, 3.63) is 35.9 Å². The minimum absolute atomic E-state index is 0. The molecular weight excluding hydrogens is 389 g/mol. The van der Waals surface area contributed by atoms with Crippen LogP contribution in [0, 0.1) is 5.92 Å². The Balaban J connectivity index is 0.00000338. The van der Waals surface area contributed by atoms with Crippen molar-refractivity contribution in [3.8, 4) is 0 Å². The number of aliphatic hydroxyl groups excluding tert-OH is 1. The molecule has 156 valence electrons. The summed E-state index contributed by atoms with van der Waals surface area (Å²) in [5.41, 5.74) is 6.50. The fraction of sp³-hybridized carbons (Fsp3) is 0.632. The lowest BCUT2D eigenvalue weighted by molar-refractivity contribution is -0.123. The highest BCUT2D eigenvalue weighted by molar-refractivity contribution is 5.85. The van der Waals surface area contributed by atoms with Gasteiger partial charge in [-0.3, -0.25) is 4.79 Å². The van der Waals surface area contributed by atoms with Crippen molar-refractivity contribution in [1.29, 1.82) is 0 Å². The Morgan fingerprint density at radius 3 is 2.48 bits per heavy atom. The number of carbonyl (C=O) groups excluding carboxylic acids is 1. The van der Waals surface area contributed by atoms with E-state index in [-0.39, 0.29) is 36.8 Å². The number of nitrogens with one attached hydrogen (secondary N) is 1. The number of hydrogen-bond acceptors (Lipinski definition) is 5. The van der Waals surface area contributed by atoms with Crippen LogP contribution in [0.3, 0.4) is 0 Å². The van der Waals surface area contributed by atoms with E-state index in [1.807, 2.05) is 30.3 Å². The molecule has 8 heteroatoms.